The Morgan fingerprint density at radius 2 is 2.03 bits per heavy atom. The molecule has 1 aromatic carbocycles. The zero-order valence-corrected chi connectivity index (χ0v) is 17.6. The monoisotopic (exact) mass is 420 g/mol. The number of morpholine rings is 1. The summed E-state index contributed by atoms with van der Waals surface area (Å²) in [7, 11) is -1.08. The summed E-state index contributed by atoms with van der Waals surface area (Å²) in [6.45, 7) is 8.43. The molecule has 2 aliphatic heterocycles. The number of carbonyl (C=O) groups is 2. The van der Waals surface area contributed by atoms with E-state index in [0.717, 1.165) is 18.7 Å². The number of hydrogen-bond acceptors (Lipinski definition) is 8. The second-order valence-electron chi connectivity index (χ2n) is 8.16. The highest BCUT2D eigenvalue weighted by Gasteiger charge is 2.37. The summed E-state index contributed by atoms with van der Waals surface area (Å²) in [6, 6.07) is 2.09. The molecule has 30 heavy (non-hydrogen) atoms. The van der Waals surface area contributed by atoms with Gasteiger partial charge in [0, 0.05) is 25.2 Å². The highest BCUT2D eigenvalue weighted by atomic mass is 16.5. The van der Waals surface area contributed by atoms with Gasteiger partial charge in [-0.15, -0.1) is 0 Å². The molecule has 1 saturated heterocycles. The predicted octanol–water partition coefficient (Wildman–Crippen LogP) is -1.04. The van der Waals surface area contributed by atoms with Gasteiger partial charge in [-0.25, -0.2) is 4.79 Å². The van der Waals surface area contributed by atoms with Gasteiger partial charge in [0.15, 0.2) is 6.04 Å². The van der Waals surface area contributed by atoms with E-state index in [9.17, 15) is 19.7 Å². The average Bonchev–Trinajstić information content (AvgIpc) is 3.07. The Labute approximate surface area is 176 Å². The fourth-order valence-electron chi connectivity index (χ4n) is 3.67. The van der Waals surface area contributed by atoms with E-state index in [2.05, 4.69) is 10.2 Å². The molecule has 1 atom stereocenters. The molecule has 0 unspecified atom stereocenters. The van der Waals surface area contributed by atoms with E-state index in [-0.39, 0.29) is 13.2 Å². The van der Waals surface area contributed by atoms with E-state index in [1.165, 1.54) is 13.8 Å². The molecule has 164 valence electrons. The topological polar surface area (TPSA) is 118 Å². The number of aliphatic hydroxyl groups is 1. The second-order valence-corrected chi connectivity index (χ2v) is 8.16. The summed E-state index contributed by atoms with van der Waals surface area (Å²) >= 11 is 0. The molecule has 0 aromatic heterocycles. The Morgan fingerprint density at radius 3 is 2.70 bits per heavy atom. The van der Waals surface area contributed by atoms with E-state index in [1.807, 2.05) is 0 Å². The van der Waals surface area contributed by atoms with Crippen molar-refractivity contribution in [2.75, 3.05) is 39.5 Å². The van der Waals surface area contributed by atoms with E-state index < -0.39 is 30.6 Å². The second kappa shape index (κ2) is 9.44. The minimum absolute atomic E-state index is 0.155. The molecule has 3 rings (SSSR count). The van der Waals surface area contributed by atoms with Crippen molar-refractivity contribution in [2.45, 2.75) is 39.0 Å². The van der Waals surface area contributed by atoms with Crippen molar-refractivity contribution >= 4 is 24.5 Å². The molecule has 1 amide bonds. The molecule has 0 aliphatic carbocycles. The van der Waals surface area contributed by atoms with Crippen LogP contribution in [0.1, 0.15) is 35.3 Å². The third kappa shape index (κ3) is 5.19. The van der Waals surface area contributed by atoms with Gasteiger partial charge in [0.25, 0.3) is 5.91 Å². The third-order valence-electron chi connectivity index (χ3n) is 5.47. The number of benzene rings is 1. The van der Waals surface area contributed by atoms with Crippen LogP contribution in [-0.4, -0.2) is 85.1 Å². The maximum atomic E-state index is 12.9. The van der Waals surface area contributed by atoms with Gasteiger partial charge < -0.3 is 29.6 Å². The lowest BCUT2D eigenvalue weighted by Gasteiger charge is -2.30. The van der Waals surface area contributed by atoms with E-state index in [4.69, 9.17) is 14.1 Å². The minimum Gasteiger partial charge on any atom is -0.463 e. The first-order valence-corrected chi connectivity index (χ1v) is 10.1. The van der Waals surface area contributed by atoms with Gasteiger partial charge in [-0.2, -0.15) is 0 Å². The first-order chi connectivity index (χ1) is 14.2. The SMILES string of the molecule is Cc1c(C(=O)N[C@H](C(=O)OCCN2CCOCC2)C(C)(C)O)ccc2c1B(O)OC2. The number of amides is 1. The highest BCUT2D eigenvalue weighted by Crippen LogP contribution is 2.18. The molecule has 2 heterocycles. The van der Waals surface area contributed by atoms with Gasteiger partial charge in [0.05, 0.1) is 25.4 Å². The fraction of sp³-hybridized carbons (Fsp3) is 0.600. The van der Waals surface area contributed by atoms with Crippen LogP contribution in [0.3, 0.4) is 0 Å². The molecule has 0 saturated carbocycles. The zero-order chi connectivity index (χ0) is 21.9. The van der Waals surface area contributed by atoms with E-state index >= 15 is 0 Å². The smallest absolute Gasteiger partial charge is 0.463 e. The Balaban J connectivity index is 1.65. The first kappa shape index (κ1) is 22.7. The van der Waals surface area contributed by atoms with Crippen LogP contribution in [0.2, 0.25) is 0 Å². The van der Waals surface area contributed by atoms with Crippen molar-refractivity contribution in [3.63, 3.8) is 0 Å². The summed E-state index contributed by atoms with van der Waals surface area (Å²) in [5.41, 5.74) is 0.728. The molecular formula is C20H29BN2O7. The standard InChI is InChI=1S/C20H29BN2O7/c1-13-15(5-4-14-12-30-21(27)16(13)14)18(24)22-17(20(2,3)26)19(25)29-11-8-23-6-9-28-10-7-23/h4-5,17,26-27H,6-12H2,1-3H3,(H,22,24)/t17-/m1/s1. The van der Waals surface area contributed by atoms with E-state index in [1.54, 1.807) is 19.1 Å². The number of hydrogen-bond donors (Lipinski definition) is 3. The largest absolute Gasteiger partial charge is 0.492 e. The number of ether oxygens (including phenoxy) is 2. The number of esters is 1. The number of rotatable bonds is 7. The van der Waals surface area contributed by atoms with Crippen molar-refractivity contribution in [1.82, 2.24) is 10.2 Å². The Morgan fingerprint density at radius 1 is 1.33 bits per heavy atom. The average molecular weight is 420 g/mol. The van der Waals surface area contributed by atoms with E-state index in [0.29, 0.717) is 36.3 Å². The highest BCUT2D eigenvalue weighted by molar-refractivity contribution is 6.62. The minimum atomic E-state index is -1.53. The molecule has 0 radical (unpaired) electrons. The van der Waals surface area contributed by atoms with Gasteiger partial charge >= 0.3 is 13.1 Å². The summed E-state index contributed by atoms with van der Waals surface area (Å²) < 4.78 is 15.8. The molecular weight excluding hydrogens is 391 g/mol. The molecule has 0 bridgehead atoms. The Hall–Kier alpha value is -1.98. The summed E-state index contributed by atoms with van der Waals surface area (Å²) in [4.78, 5) is 27.6. The van der Waals surface area contributed by atoms with Crippen molar-refractivity contribution in [1.29, 1.82) is 0 Å². The van der Waals surface area contributed by atoms with Crippen LogP contribution in [0.4, 0.5) is 0 Å². The zero-order valence-electron chi connectivity index (χ0n) is 17.6. The molecule has 3 N–H and O–H groups in total. The lowest BCUT2D eigenvalue weighted by molar-refractivity contribution is -0.152. The summed E-state index contributed by atoms with van der Waals surface area (Å²) in [5, 5.41) is 23.0. The van der Waals surface area contributed by atoms with Crippen molar-refractivity contribution in [2.24, 2.45) is 0 Å². The van der Waals surface area contributed by atoms with Crippen LogP contribution in [0.15, 0.2) is 12.1 Å². The normalized spacial score (nSPS) is 18.1. The lowest BCUT2D eigenvalue weighted by atomic mass is 9.75. The number of fused-ring (bicyclic) bond motifs is 1. The Bertz CT molecular complexity index is 790. The van der Waals surface area contributed by atoms with Crippen LogP contribution in [0.25, 0.3) is 0 Å². The molecule has 9 nitrogen and oxygen atoms in total. The molecule has 1 fully saturated rings. The summed E-state index contributed by atoms with van der Waals surface area (Å²) in [6.07, 6.45) is 0. The van der Waals surface area contributed by atoms with Crippen LogP contribution in [0.5, 0.6) is 0 Å². The van der Waals surface area contributed by atoms with Gasteiger partial charge in [-0.3, -0.25) is 9.69 Å². The van der Waals surface area contributed by atoms with Crippen LogP contribution in [-0.2, 0) is 25.5 Å². The van der Waals surface area contributed by atoms with Crippen LogP contribution in [0, 0.1) is 6.92 Å². The lowest BCUT2D eigenvalue weighted by Crippen LogP contribution is -2.55. The molecule has 10 heteroatoms. The van der Waals surface area contributed by atoms with Crippen molar-refractivity contribution < 1.29 is 33.8 Å². The van der Waals surface area contributed by atoms with Crippen LogP contribution >= 0.6 is 0 Å². The number of carbonyl (C=O) groups excluding carboxylic acids is 2. The van der Waals surface area contributed by atoms with Gasteiger partial charge in [-0.05, 0) is 43.4 Å². The predicted molar refractivity (Wildman–Crippen MR) is 109 cm³/mol. The van der Waals surface area contributed by atoms with Crippen LogP contribution < -0.4 is 10.8 Å². The van der Waals surface area contributed by atoms with Gasteiger partial charge in [0.1, 0.15) is 6.61 Å². The van der Waals surface area contributed by atoms with Crippen molar-refractivity contribution in [3.8, 4) is 0 Å². The van der Waals surface area contributed by atoms with Crippen molar-refractivity contribution in [3.05, 3.63) is 28.8 Å². The quantitative estimate of drug-likeness (QED) is 0.378. The first-order valence-electron chi connectivity index (χ1n) is 10.1. The Kier molecular flexibility index (Phi) is 7.15. The number of nitrogens with one attached hydrogen (secondary N) is 1. The fourth-order valence-corrected chi connectivity index (χ4v) is 3.67. The maximum Gasteiger partial charge on any atom is 0.492 e. The number of nitrogens with zero attached hydrogens (tertiary/aromatic N) is 1. The summed E-state index contributed by atoms with van der Waals surface area (Å²) in [5.74, 6) is -1.24. The molecule has 1 aromatic rings. The van der Waals surface area contributed by atoms with Gasteiger partial charge in [-0.1, -0.05) is 6.07 Å². The maximum absolute atomic E-state index is 12.9. The molecule has 2 aliphatic rings. The molecule has 0 spiro atoms. The third-order valence-corrected chi connectivity index (χ3v) is 5.47. The van der Waals surface area contributed by atoms with Gasteiger partial charge in [0.2, 0.25) is 0 Å².